The van der Waals surface area contributed by atoms with Crippen molar-refractivity contribution in [1.82, 2.24) is 5.32 Å². The summed E-state index contributed by atoms with van der Waals surface area (Å²) in [6, 6.07) is 10.5. The Morgan fingerprint density at radius 1 is 1.30 bits per heavy atom. The molecule has 2 rings (SSSR count). The van der Waals surface area contributed by atoms with E-state index in [1.165, 1.54) is 6.07 Å². The Kier molecular flexibility index (Phi) is 5.15. The summed E-state index contributed by atoms with van der Waals surface area (Å²) in [4.78, 5) is 12.1. The topological polar surface area (TPSA) is 29.1 Å². The van der Waals surface area contributed by atoms with Crippen LogP contribution in [0.4, 0.5) is 4.39 Å². The molecule has 1 amide bonds. The van der Waals surface area contributed by atoms with Crippen molar-refractivity contribution in [3.8, 4) is 0 Å². The molecule has 0 fully saturated rings. The Balaban J connectivity index is 2.08. The lowest BCUT2D eigenvalue weighted by atomic mass is 10.1. The molecule has 2 nitrogen and oxygen atoms in total. The summed E-state index contributed by atoms with van der Waals surface area (Å²) >= 11 is 5.51. The van der Waals surface area contributed by atoms with Crippen molar-refractivity contribution in [2.45, 2.75) is 13.5 Å². The summed E-state index contributed by atoms with van der Waals surface area (Å²) in [6.45, 7) is 2.01. The third-order valence-corrected chi connectivity index (χ3v) is 4.22. The zero-order valence-electron chi connectivity index (χ0n) is 10.7. The lowest BCUT2D eigenvalue weighted by Crippen LogP contribution is -2.23. The minimum atomic E-state index is -0.257. The van der Waals surface area contributed by atoms with Crippen LogP contribution in [0, 0.1) is 16.3 Å². The first-order chi connectivity index (χ1) is 9.47. The summed E-state index contributed by atoms with van der Waals surface area (Å²) in [5.74, 6) is -0.441. The molecule has 0 aliphatic rings. The standard InChI is InChI=1S/C15H12BrFINO/c1-9-2-3-10(6-14(9)17)8-19-15(20)12-7-11(18)4-5-13(12)16/h2-7H,8H2,1H3,(H,19,20). The summed E-state index contributed by atoms with van der Waals surface area (Å²) in [7, 11) is 0. The van der Waals surface area contributed by atoms with Crippen molar-refractivity contribution < 1.29 is 9.18 Å². The molecule has 20 heavy (non-hydrogen) atoms. The molecule has 0 unspecified atom stereocenters. The molecule has 0 saturated carbocycles. The number of amides is 1. The van der Waals surface area contributed by atoms with Crippen LogP contribution in [-0.2, 0) is 6.54 Å². The second-order valence-electron chi connectivity index (χ2n) is 4.39. The van der Waals surface area contributed by atoms with Crippen molar-refractivity contribution in [2.75, 3.05) is 0 Å². The van der Waals surface area contributed by atoms with Crippen LogP contribution < -0.4 is 5.32 Å². The maximum absolute atomic E-state index is 13.4. The number of nitrogens with one attached hydrogen (secondary N) is 1. The van der Waals surface area contributed by atoms with Crippen LogP contribution in [-0.4, -0.2) is 5.91 Å². The Hall–Kier alpha value is -0.950. The number of hydrogen-bond acceptors (Lipinski definition) is 1. The van der Waals surface area contributed by atoms with E-state index in [1.807, 2.05) is 18.2 Å². The second kappa shape index (κ2) is 6.67. The Morgan fingerprint density at radius 2 is 2.05 bits per heavy atom. The van der Waals surface area contributed by atoms with E-state index in [9.17, 15) is 9.18 Å². The summed E-state index contributed by atoms with van der Waals surface area (Å²) in [5, 5.41) is 2.79. The van der Waals surface area contributed by atoms with Gasteiger partial charge >= 0.3 is 0 Å². The lowest BCUT2D eigenvalue weighted by molar-refractivity contribution is 0.0950. The van der Waals surface area contributed by atoms with Gasteiger partial charge in [-0.1, -0.05) is 12.1 Å². The first-order valence-electron chi connectivity index (χ1n) is 5.95. The average molecular weight is 448 g/mol. The number of rotatable bonds is 3. The fourth-order valence-electron chi connectivity index (χ4n) is 1.70. The Bertz CT molecular complexity index is 660. The van der Waals surface area contributed by atoms with Crippen LogP contribution in [0.5, 0.6) is 0 Å². The number of benzene rings is 2. The van der Waals surface area contributed by atoms with E-state index in [2.05, 4.69) is 43.8 Å². The molecule has 0 aliphatic heterocycles. The lowest BCUT2D eigenvalue weighted by Gasteiger charge is -2.08. The van der Waals surface area contributed by atoms with E-state index in [4.69, 9.17) is 0 Å². The van der Waals surface area contributed by atoms with Crippen LogP contribution in [0.25, 0.3) is 0 Å². The van der Waals surface area contributed by atoms with Crippen molar-refractivity contribution in [2.24, 2.45) is 0 Å². The van der Waals surface area contributed by atoms with Gasteiger partial charge in [0, 0.05) is 14.6 Å². The van der Waals surface area contributed by atoms with E-state index in [-0.39, 0.29) is 11.7 Å². The van der Waals surface area contributed by atoms with Crippen LogP contribution >= 0.6 is 38.5 Å². The molecule has 1 N–H and O–H groups in total. The van der Waals surface area contributed by atoms with E-state index in [0.29, 0.717) is 17.7 Å². The number of halogens is 3. The molecule has 0 aliphatic carbocycles. The summed E-state index contributed by atoms with van der Waals surface area (Å²) in [5.41, 5.74) is 1.91. The fourth-order valence-corrected chi connectivity index (χ4v) is 2.61. The van der Waals surface area contributed by atoms with E-state index < -0.39 is 0 Å². The molecule has 0 atom stereocenters. The van der Waals surface area contributed by atoms with Gasteiger partial charge in [-0.3, -0.25) is 4.79 Å². The number of aryl methyl sites for hydroxylation is 1. The predicted molar refractivity (Wildman–Crippen MR) is 89.2 cm³/mol. The van der Waals surface area contributed by atoms with Gasteiger partial charge in [0.25, 0.3) is 5.91 Å². The highest BCUT2D eigenvalue weighted by Gasteiger charge is 2.10. The zero-order chi connectivity index (χ0) is 14.7. The maximum atomic E-state index is 13.4. The van der Waals surface area contributed by atoms with Crippen molar-refractivity contribution in [1.29, 1.82) is 0 Å². The number of hydrogen-bond donors (Lipinski definition) is 1. The van der Waals surface area contributed by atoms with Gasteiger partial charge in [-0.2, -0.15) is 0 Å². The van der Waals surface area contributed by atoms with Crippen LogP contribution in [0.2, 0.25) is 0 Å². The molecule has 0 spiro atoms. The maximum Gasteiger partial charge on any atom is 0.252 e. The minimum Gasteiger partial charge on any atom is -0.348 e. The second-order valence-corrected chi connectivity index (χ2v) is 6.49. The average Bonchev–Trinajstić information content (AvgIpc) is 2.42. The van der Waals surface area contributed by atoms with Crippen LogP contribution in [0.15, 0.2) is 40.9 Å². The van der Waals surface area contributed by atoms with Gasteiger partial charge < -0.3 is 5.32 Å². The molecule has 2 aromatic rings. The monoisotopic (exact) mass is 447 g/mol. The smallest absolute Gasteiger partial charge is 0.252 e. The number of carbonyl (C=O) groups is 1. The van der Waals surface area contributed by atoms with E-state index in [1.54, 1.807) is 19.1 Å². The predicted octanol–water partition coefficient (Wildman–Crippen LogP) is 4.43. The van der Waals surface area contributed by atoms with Gasteiger partial charge in [0.05, 0.1) is 5.56 Å². The first kappa shape index (κ1) is 15.4. The van der Waals surface area contributed by atoms with Gasteiger partial charge in [-0.15, -0.1) is 0 Å². The highest BCUT2D eigenvalue weighted by Crippen LogP contribution is 2.19. The van der Waals surface area contributed by atoms with E-state index >= 15 is 0 Å². The van der Waals surface area contributed by atoms with Crippen molar-refractivity contribution >= 4 is 44.4 Å². The van der Waals surface area contributed by atoms with Gasteiger partial charge in [0.15, 0.2) is 0 Å². The fraction of sp³-hybridized carbons (Fsp3) is 0.133. The Morgan fingerprint density at radius 3 is 2.75 bits per heavy atom. The largest absolute Gasteiger partial charge is 0.348 e. The third-order valence-electron chi connectivity index (χ3n) is 2.86. The summed E-state index contributed by atoms with van der Waals surface area (Å²) in [6.07, 6.45) is 0. The normalized spacial score (nSPS) is 10.4. The zero-order valence-corrected chi connectivity index (χ0v) is 14.5. The number of carbonyl (C=O) groups excluding carboxylic acids is 1. The van der Waals surface area contributed by atoms with Gasteiger partial charge in [0.2, 0.25) is 0 Å². The molecule has 104 valence electrons. The minimum absolute atomic E-state index is 0.184. The first-order valence-corrected chi connectivity index (χ1v) is 7.83. The Labute approximate surface area is 139 Å². The molecule has 0 saturated heterocycles. The molecule has 5 heteroatoms. The van der Waals surface area contributed by atoms with Gasteiger partial charge in [0.1, 0.15) is 5.82 Å². The molecule has 0 radical (unpaired) electrons. The van der Waals surface area contributed by atoms with Crippen LogP contribution in [0.3, 0.4) is 0 Å². The van der Waals surface area contributed by atoms with Crippen LogP contribution in [0.1, 0.15) is 21.5 Å². The third kappa shape index (κ3) is 3.79. The van der Waals surface area contributed by atoms with Gasteiger partial charge in [-0.05, 0) is 80.8 Å². The molecule has 0 heterocycles. The highest BCUT2D eigenvalue weighted by molar-refractivity contribution is 14.1. The van der Waals surface area contributed by atoms with E-state index in [0.717, 1.165) is 13.6 Å². The van der Waals surface area contributed by atoms with Crippen molar-refractivity contribution in [3.63, 3.8) is 0 Å². The SMILES string of the molecule is Cc1ccc(CNC(=O)c2cc(I)ccc2Br)cc1F. The molecule has 2 aromatic carbocycles. The quantitative estimate of drug-likeness (QED) is 0.693. The molecule has 0 aromatic heterocycles. The van der Waals surface area contributed by atoms with Crippen molar-refractivity contribution in [3.05, 3.63) is 66.9 Å². The molecule has 0 bridgehead atoms. The van der Waals surface area contributed by atoms with Gasteiger partial charge in [-0.25, -0.2) is 4.39 Å². The highest BCUT2D eigenvalue weighted by atomic mass is 127. The molecular formula is C15H12BrFINO. The summed E-state index contributed by atoms with van der Waals surface area (Å²) < 4.78 is 15.1. The molecular weight excluding hydrogens is 436 g/mol.